The number of likely N-dealkylation sites (tertiary alicyclic amines) is 1. The number of fused-ring (bicyclic) bond motifs is 1. The van der Waals surface area contributed by atoms with Crippen molar-refractivity contribution in [2.24, 2.45) is 11.5 Å². The maximum absolute atomic E-state index is 14.1. The summed E-state index contributed by atoms with van der Waals surface area (Å²) in [7, 11) is -4.05. The highest BCUT2D eigenvalue weighted by atomic mass is 32.2. The molecule has 1 saturated heterocycles. The number of nitrogens with one attached hydrogen (secondary N) is 1. The van der Waals surface area contributed by atoms with Gasteiger partial charge in [0.1, 0.15) is 17.1 Å². The molecular formula is C25H28N4O3S. The van der Waals surface area contributed by atoms with Crippen LogP contribution < -0.4 is 11.5 Å². The second-order valence-corrected chi connectivity index (χ2v) is 10.4. The standard InChI is InChI=1S/C25H28N4O3S/c26-22(25(30)29-15-4-1-5-16-29)23(18-11-13-19(14-12-18)24(27)28)33(31,32)21-10-6-8-17-7-2-3-9-20(17)21/h2-3,6-14,22-23H,1,4-5,15-16,26H2,(H3,27,28)/t22-,23?/m0/s1. The van der Waals surface area contributed by atoms with E-state index in [0.717, 1.165) is 24.6 Å². The molecule has 0 bridgehead atoms. The Morgan fingerprint density at radius 1 is 0.909 bits per heavy atom. The molecule has 1 aliphatic rings. The molecule has 8 heteroatoms. The van der Waals surface area contributed by atoms with Gasteiger partial charge in [-0.2, -0.15) is 0 Å². The SMILES string of the molecule is N=C(N)c1ccc(C([C@H](N)C(=O)N2CCCCC2)S(=O)(=O)c2cccc3ccccc23)cc1. The minimum Gasteiger partial charge on any atom is -0.384 e. The molecule has 3 aromatic carbocycles. The molecule has 0 spiro atoms. The topological polar surface area (TPSA) is 130 Å². The second kappa shape index (κ2) is 9.33. The molecule has 0 radical (unpaired) electrons. The molecule has 1 aliphatic heterocycles. The average Bonchev–Trinajstić information content (AvgIpc) is 2.84. The van der Waals surface area contributed by atoms with Crippen LogP contribution in [0.1, 0.15) is 35.6 Å². The Bertz CT molecular complexity index is 1280. The highest BCUT2D eigenvalue weighted by Gasteiger charge is 2.40. The van der Waals surface area contributed by atoms with E-state index in [1.54, 1.807) is 53.4 Å². The molecule has 0 saturated carbocycles. The first-order valence-corrected chi connectivity index (χ1v) is 12.6. The number of amides is 1. The lowest BCUT2D eigenvalue weighted by Crippen LogP contribution is -2.50. The summed E-state index contributed by atoms with van der Waals surface area (Å²) in [6, 6.07) is 17.4. The third-order valence-corrected chi connectivity index (χ3v) is 8.42. The van der Waals surface area contributed by atoms with E-state index in [1.165, 1.54) is 0 Å². The van der Waals surface area contributed by atoms with Crippen molar-refractivity contribution in [3.05, 3.63) is 77.9 Å². The van der Waals surface area contributed by atoms with Gasteiger partial charge in [-0.25, -0.2) is 8.42 Å². The minimum absolute atomic E-state index is 0.122. The van der Waals surface area contributed by atoms with Crippen LogP contribution >= 0.6 is 0 Å². The number of nitrogens with two attached hydrogens (primary N) is 2. The van der Waals surface area contributed by atoms with E-state index < -0.39 is 21.1 Å². The first kappa shape index (κ1) is 22.9. The summed E-state index contributed by atoms with van der Waals surface area (Å²) in [5, 5.41) is 7.72. The number of amidine groups is 1. The number of piperidine rings is 1. The fraction of sp³-hybridized carbons (Fsp3) is 0.280. The van der Waals surface area contributed by atoms with Crippen molar-refractivity contribution in [2.75, 3.05) is 13.1 Å². The number of nitrogen functional groups attached to an aromatic ring is 1. The van der Waals surface area contributed by atoms with Gasteiger partial charge >= 0.3 is 0 Å². The first-order chi connectivity index (χ1) is 15.8. The Hall–Kier alpha value is -3.23. The summed E-state index contributed by atoms with van der Waals surface area (Å²) in [5.41, 5.74) is 12.9. The van der Waals surface area contributed by atoms with Gasteiger partial charge in [-0.05, 0) is 36.3 Å². The molecule has 3 aromatic rings. The Labute approximate surface area is 193 Å². The van der Waals surface area contributed by atoms with Crippen molar-refractivity contribution in [3.63, 3.8) is 0 Å². The van der Waals surface area contributed by atoms with E-state index in [9.17, 15) is 13.2 Å². The lowest BCUT2D eigenvalue weighted by atomic mass is 10.0. The van der Waals surface area contributed by atoms with Crippen molar-refractivity contribution < 1.29 is 13.2 Å². The van der Waals surface area contributed by atoms with Crippen LogP contribution in [0.25, 0.3) is 10.8 Å². The fourth-order valence-corrected chi connectivity index (χ4v) is 6.52. The van der Waals surface area contributed by atoms with Crippen LogP contribution in [0.5, 0.6) is 0 Å². The van der Waals surface area contributed by atoms with E-state index in [2.05, 4.69) is 0 Å². The van der Waals surface area contributed by atoms with Crippen LogP contribution in [0.15, 0.2) is 71.6 Å². The molecule has 7 nitrogen and oxygen atoms in total. The third kappa shape index (κ3) is 4.49. The van der Waals surface area contributed by atoms with Gasteiger partial charge < -0.3 is 16.4 Å². The van der Waals surface area contributed by atoms with Crippen LogP contribution in [0, 0.1) is 5.41 Å². The van der Waals surface area contributed by atoms with Gasteiger partial charge in [-0.15, -0.1) is 0 Å². The molecule has 4 rings (SSSR count). The zero-order valence-corrected chi connectivity index (χ0v) is 19.1. The van der Waals surface area contributed by atoms with E-state index in [-0.39, 0.29) is 16.6 Å². The van der Waals surface area contributed by atoms with E-state index >= 15 is 0 Å². The Morgan fingerprint density at radius 2 is 1.55 bits per heavy atom. The molecule has 0 aromatic heterocycles. The average molecular weight is 465 g/mol. The van der Waals surface area contributed by atoms with Crippen LogP contribution in [0.3, 0.4) is 0 Å². The van der Waals surface area contributed by atoms with Gasteiger partial charge in [0, 0.05) is 24.0 Å². The van der Waals surface area contributed by atoms with Crippen LogP contribution in [-0.2, 0) is 14.6 Å². The second-order valence-electron chi connectivity index (χ2n) is 8.39. The van der Waals surface area contributed by atoms with Gasteiger partial charge in [-0.3, -0.25) is 10.2 Å². The molecule has 1 unspecified atom stereocenters. The summed E-state index contributed by atoms with van der Waals surface area (Å²) in [6.07, 6.45) is 2.81. The van der Waals surface area contributed by atoms with Crippen LogP contribution in [-0.4, -0.2) is 44.2 Å². The largest absolute Gasteiger partial charge is 0.384 e. The van der Waals surface area contributed by atoms with Gasteiger partial charge in [0.2, 0.25) is 5.91 Å². The lowest BCUT2D eigenvalue weighted by molar-refractivity contribution is -0.133. The summed E-state index contributed by atoms with van der Waals surface area (Å²) in [5.74, 6) is -0.483. The van der Waals surface area contributed by atoms with E-state index in [1.807, 2.05) is 18.2 Å². The smallest absolute Gasteiger partial charge is 0.241 e. The Balaban J connectivity index is 1.83. The predicted molar refractivity (Wildman–Crippen MR) is 130 cm³/mol. The first-order valence-electron chi connectivity index (χ1n) is 11.0. The highest BCUT2D eigenvalue weighted by molar-refractivity contribution is 7.92. The van der Waals surface area contributed by atoms with Gasteiger partial charge in [0.25, 0.3) is 0 Å². The van der Waals surface area contributed by atoms with Crippen LogP contribution in [0.4, 0.5) is 0 Å². The number of hydrogen-bond acceptors (Lipinski definition) is 5. The molecule has 5 N–H and O–H groups in total. The number of sulfone groups is 1. The molecule has 2 atom stereocenters. The normalized spacial score (nSPS) is 16.3. The van der Waals surface area contributed by atoms with Gasteiger partial charge in [0.15, 0.2) is 9.84 Å². The maximum Gasteiger partial charge on any atom is 0.241 e. The zero-order chi connectivity index (χ0) is 23.6. The quantitative estimate of drug-likeness (QED) is 0.381. The summed E-state index contributed by atoms with van der Waals surface area (Å²) >= 11 is 0. The lowest BCUT2D eigenvalue weighted by Gasteiger charge is -2.32. The van der Waals surface area contributed by atoms with Gasteiger partial charge in [0.05, 0.1) is 4.90 Å². The molecule has 1 amide bonds. The molecule has 1 heterocycles. The molecular weight excluding hydrogens is 436 g/mol. The number of nitrogens with zero attached hydrogens (tertiary/aromatic N) is 1. The molecule has 0 aliphatic carbocycles. The number of rotatable bonds is 6. The third-order valence-electron chi connectivity index (χ3n) is 6.22. The summed E-state index contributed by atoms with van der Waals surface area (Å²) in [6.45, 7) is 1.16. The van der Waals surface area contributed by atoms with Crippen molar-refractivity contribution in [1.82, 2.24) is 4.90 Å². The minimum atomic E-state index is -4.05. The summed E-state index contributed by atoms with van der Waals surface area (Å²) < 4.78 is 28.2. The number of benzene rings is 3. The van der Waals surface area contributed by atoms with Crippen LogP contribution in [0.2, 0.25) is 0 Å². The Kier molecular flexibility index (Phi) is 6.49. The highest BCUT2D eigenvalue weighted by Crippen LogP contribution is 2.36. The molecule has 1 fully saturated rings. The molecule has 172 valence electrons. The van der Waals surface area contributed by atoms with Gasteiger partial charge in [-0.1, -0.05) is 60.7 Å². The molecule has 33 heavy (non-hydrogen) atoms. The van der Waals surface area contributed by atoms with Crippen molar-refractivity contribution in [1.29, 1.82) is 5.41 Å². The fourth-order valence-electron chi connectivity index (χ4n) is 4.47. The monoisotopic (exact) mass is 464 g/mol. The van der Waals surface area contributed by atoms with Crippen molar-refractivity contribution in [3.8, 4) is 0 Å². The number of carbonyl (C=O) groups excluding carboxylic acids is 1. The number of hydrogen-bond donors (Lipinski definition) is 3. The van der Waals surface area contributed by atoms with E-state index in [0.29, 0.717) is 29.6 Å². The maximum atomic E-state index is 14.1. The zero-order valence-electron chi connectivity index (χ0n) is 18.3. The number of carbonyl (C=O) groups is 1. The Morgan fingerprint density at radius 3 is 2.21 bits per heavy atom. The van der Waals surface area contributed by atoms with Crippen molar-refractivity contribution in [2.45, 2.75) is 35.4 Å². The predicted octanol–water partition coefficient (Wildman–Crippen LogP) is 2.98. The van der Waals surface area contributed by atoms with Crippen molar-refractivity contribution >= 4 is 32.4 Å². The van der Waals surface area contributed by atoms with E-state index in [4.69, 9.17) is 16.9 Å². The summed E-state index contributed by atoms with van der Waals surface area (Å²) in [4.78, 5) is 15.1.